The Morgan fingerprint density at radius 3 is 2.54 bits per heavy atom. The first-order chi connectivity index (χ1) is 12.6. The van der Waals surface area contributed by atoms with Crippen LogP contribution in [0.5, 0.6) is 0 Å². The van der Waals surface area contributed by atoms with E-state index in [1.165, 1.54) is 0 Å². The summed E-state index contributed by atoms with van der Waals surface area (Å²) in [4.78, 5) is 27.5. The molecule has 136 valence electrons. The zero-order valence-electron chi connectivity index (χ0n) is 15.4. The standard InChI is InChI=1S/C22H26N2O2/c1-16(2)12-13-23-22(26)21-19-11-7-6-10-18(19)14-20(25)24(21)15-17-8-4-3-5-9-17/h3-11,16,21H,12-15H2,1-2H3,(H,23,26)/t21-/m1/s1. The van der Waals surface area contributed by atoms with Crippen molar-refractivity contribution in [3.8, 4) is 0 Å². The zero-order chi connectivity index (χ0) is 18.5. The molecule has 0 radical (unpaired) electrons. The lowest BCUT2D eigenvalue weighted by molar-refractivity contribution is -0.142. The largest absolute Gasteiger partial charge is 0.354 e. The lowest BCUT2D eigenvalue weighted by Gasteiger charge is -2.36. The van der Waals surface area contributed by atoms with Crippen LogP contribution >= 0.6 is 0 Å². The van der Waals surface area contributed by atoms with Crippen molar-refractivity contribution < 1.29 is 9.59 Å². The molecule has 2 aromatic carbocycles. The van der Waals surface area contributed by atoms with Crippen LogP contribution in [0.25, 0.3) is 0 Å². The predicted octanol–water partition coefficient (Wildman–Crippen LogP) is 3.47. The molecule has 1 aliphatic heterocycles. The number of carbonyl (C=O) groups is 2. The molecule has 1 N–H and O–H groups in total. The van der Waals surface area contributed by atoms with Crippen LogP contribution in [0.4, 0.5) is 0 Å². The third kappa shape index (κ3) is 4.13. The van der Waals surface area contributed by atoms with Gasteiger partial charge in [0.15, 0.2) is 0 Å². The lowest BCUT2D eigenvalue weighted by atomic mass is 9.91. The molecule has 0 bridgehead atoms. The Hall–Kier alpha value is -2.62. The van der Waals surface area contributed by atoms with Crippen LogP contribution in [0.2, 0.25) is 0 Å². The second-order valence-corrected chi connectivity index (χ2v) is 7.26. The summed E-state index contributed by atoms with van der Waals surface area (Å²) in [5.74, 6) is 0.426. The molecule has 1 atom stereocenters. The molecule has 2 amide bonds. The number of hydrogen-bond acceptors (Lipinski definition) is 2. The van der Waals surface area contributed by atoms with Crippen molar-refractivity contribution in [1.82, 2.24) is 10.2 Å². The summed E-state index contributed by atoms with van der Waals surface area (Å²) in [6, 6.07) is 17.0. The van der Waals surface area contributed by atoms with Gasteiger partial charge in [-0.3, -0.25) is 9.59 Å². The van der Waals surface area contributed by atoms with Crippen LogP contribution in [-0.2, 0) is 22.6 Å². The Labute approximate surface area is 155 Å². The minimum atomic E-state index is -0.570. The molecular formula is C22H26N2O2. The number of nitrogens with one attached hydrogen (secondary N) is 1. The van der Waals surface area contributed by atoms with E-state index in [1.54, 1.807) is 4.90 Å². The second kappa shape index (κ2) is 8.17. The van der Waals surface area contributed by atoms with Gasteiger partial charge in [0.2, 0.25) is 11.8 Å². The molecule has 0 aliphatic carbocycles. The molecule has 1 aliphatic rings. The van der Waals surface area contributed by atoms with Crippen LogP contribution in [0, 0.1) is 5.92 Å². The average molecular weight is 350 g/mol. The van der Waals surface area contributed by atoms with Gasteiger partial charge in [-0.15, -0.1) is 0 Å². The SMILES string of the molecule is CC(C)CCNC(=O)[C@H]1c2ccccc2CC(=O)N1Cc1ccccc1. The van der Waals surface area contributed by atoms with Crippen LogP contribution in [0.1, 0.15) is 43.0 Å². The van der Waals surface area contributed by atoms with Gasteiger partial charge >= 0.3 is 0 Å². The van der Waals surface area contributed by atoms with Gasteiger partial charge in [0.1, 0.15) is 6.04 Å². The molecule has 4 nitrogen and oxygen atoms in total. The highest BCUT2D eigenvalue weighted by atomic mass is 16.2. The van der Waals surface area contributed by atoms with E-state index in [0.29, 0.717) is 25.4 Å². The Bertz CT molecular complexity index is 771. The minimum Gasteiger partial charge on any atom is -0.354 e. The fourth-order valence-electron chi connectivity index (χ4n) is 3.36. The van der Waals surface area contributed by atoms with Crippen molar-refractivity contribution in [2.45, 2.75) is 39.3 Å². The van der Waals surface area contributed by atoms with Gasteiger partial charge in [0, 0.05) is 13.1 Å². The molecule has 1 heterocycles. The van der Waals surface area contributed by atoms with Gasteiger partial charge in [-0.2, -0.15) is 0 Å². The second-order valence-electron chi connectivity index (χ2n) is 7.26. The Kier molecular flexibility index (Phi) is 5.71. The van der Waals surface area contributed by atoms with Crippen molar-refractivity contribution in [3.63, 3.8) is 0 Å². The maximum absolute atomic E-state index is 13.0. The molecular weight excluding hydrogens is 324 g/mol. The molecule has 0 fully saturated rings. The highest BCUT2D eigenvalue weighted by Crippen LogP contribution is 2.32. The smallest absolute Gasteiger partial charge is 0.247 e. The van der Waals surface area contributed by atoms with Crippen LogP contribution in [-0.4, -0.2) is 23.3 Å². The third-order valence-electron chi connectivity index (χ3n) is 4.79. The van der Waals surface area contributed by atoms with Gasteiger partial charge in [-0.1, -0.05) is 68.4 Å². The van der Waals surface area contributed by atoms with Crippen molar-refractivity contribution in [2.24, 2.45) is 5.92 Å². The summed E-state index contributed by atoms with van der Waals surface area (Å²) < 4.78 is 0. The number of carbonyl (C=O) groups excluding carboxylic acids is 2. The Morgan fingerprint density at radius 2 is 1.81 bits per heavy atom. The molecule has 26 heavy (non-hydrogen) atoms. The van der Waals surface area contributed by atoms with E-state index in [2.05, 4.69) is 19.2 Å². The van der Waals surface area contributed by atoms with E-state index in [4.69, 9.17) is 0 Å². The van der Waals surface area contributed by atoms with Crippen LogP contribution < -0.4 is 5.32 Å². The fraction of sp³-hybridized carbons (Fsp3) is 0.364. The van der Waals surface area contributed by atoms with Gasteiger partial charge in [-0.25, -0.2) is 0 Å². The summed E-state index contributed by atoms with van der Waals surface area (Å²) in [6.45, 7) is 5.33. The molecule has 0 unspecified atom stereocenters. The normalized spacial score (nSPS) is 16.5. The van der Waals surface area contributed by atoms with Gasteiger partial charge in [-0.05, 0) is 29.0 Å². The number of benzene rings is 2. The van der Waals surface area contributed by atoms with E-state index in [1.807, 2.05) is 54.6 Å². The molecule has 0 saturated heterocycles. The van der Waals surface area contributed by atoms with Crippen LogP contribution in [0.3, 0.4) is 0 Å². The van der Waals surface area contributed by atoms with Gasteiger partial charge in [0.25, 0.3) is 0 Å². The molecule has 3 rings (SSSR count). The van der Waals surface area contributed by atoms with Crippen molar-refractivity contribution in [1.29, 1.82) is 0 Å². The van der Waals surface area contributed by atoms with Gasteiger partial charge < -0.3 is 10.2 Å². The summed E-state index contributed by atoms with van der Waals surface area (Å²) in [7, 11) is 0. The Balaban J connectivity index is 1.87. The van der Waals surface area contributed by atoms with Crippen molar-refractivity contribution in [2.75, 3.05) is 6.54 Å². The molecule has 4 heteroatoms. The molecule has 0 saturated carbocycles. The van der Waals surface area contributed by atoms with E-state index in [-0.39, 0.29) is 11.8 Å². The highest BCUT2D eigenvalue weighted by Gasteiger charge is 2.36. The van der Waals surface area contributed by atoms with E-state index in [9.17, 15) is 9.59 Å². The topological polar surface area (TPSA) is 49.4 Å². The zero-order valence-corrected chi connectivity index (χ0v) is 15.4. The summed E-state index contributed by atoms with van der Waals surface area (Å²) in [6.07, 6.45) is 1.27. The maximum Gasteiger partial charge on any atom is 0.247 e. The minimum absolute atomic E-state index is 0.00318. The fourth-order valence-corrected chi connectivity index (χ4v) is 3.36. The number of amides is 2. The molecule has 0 spiro atoms. The number of hydrogen-bond donors (Lipinski definition) is 1. The van der Waals surface area contributed by atoms with Crippen molar-refractivity contribution in [3.05, 3.63) is 71.3 Å². The summed E-state index contributed by atoms with van der Waals surface area (Å²) in [5.41, 5.74) is 2.91. The first-order valence-electron chi connectivity index (χ1n) is 9.25. The monoisotopic (exact) mass is 350 g/mol. The predicted molar refractivity (Wildman–Crippen MR) is 102 cm³/mol. The first kappa shape index (κ1) is 18.2. The quantitative estimate of drug-likeness (QED) is 0.867. The lowest BCUT2D eigenvalue weighted by Crippen LogP contribution is -2.47. The van der Waals surface area contributed by atoms with E-state index < -0.39 is 6.04 Å². The summed E-state index contributed by atoms with van der Waals surface area (Å²) >= 11 is 0. The number of rotatable bonds is 6. The molecule has 2 aromatic rings. The van der Waals surface area contributed by atoms with Gasteiger partial charge in [0.05, 0.1) is 6.42 Å². The van der Waals surface area contributed by atoms with Crippen LogP contribution in [0.15, 0.2) is 54.6 Å². The maximum atomic E-state index is 13.0. The number of fused-ring (bicyclic) bond motifs is 1. The third-order valence-corrected chi connectivity index (χ3v) is 4.79. The van der Waals surface area contributed by atoms with E-state index >= 15 is 0 Å². The van der Waals surface area contributed by atoms with E-state index in [0.717, 1.165) is 23.1 Å². The Morgan fingerprint density at radius 1 is 1.12 bits per heavy atom. The average Bonchev–Trinajstić information content (AvgIpc) is 2.62. The first-order valence-corrected chi connectivity index (χ1v) is 9.25. The summed E-state index contributed by atoms with van der Waals surface area (Å²) in [5, 5.41) is 3.03. The number of nitrogens with zero attached hydrogens (tertiary/aromatic N) is 1. The van der Waals surface area contributed by atoms with Crippen molar-refractivity contribution >= 4 is 11.8 Å². The molecule has 0 aromatic heterocycles. The highest BCUT2D eigenvalue weighted by molar-refractivity contribution is 5.92.